The number of aryl methyl sites for hydroxylation is 1. The fourth-order valence-corrected chi connectivity index (χ4v) is 2.15. The zero-order valence-electron chi connectivity index (χ0n) is 12.1. The summed E-state index contributed by atoms with van der Waals surface area (Å²) in [4.78, 5) is 24.4. The lowest BCUT2D eigenvalue weighted by Crippen LogP contribution is -2.24. The first kappa shape index (κ1) is 14.8. The van der Waals surface area contributed by atoms with Crippen LogP contribution in [0.25, 0.3) is 10.9 Å². The van der Waals surface area contributed by atoms with E-state index in [1.807, 2.05) is 6.92 Å². The average molecular weight is 286 g/mol. The molecule has 0 spiro atoms. The number of ketones is 1. The summed E-state index contributed by atoms with van der Waals surface area (Å²) in [6.07, 6.45) is 3.70. The van der Waals surface area contributed by atoms with Crippen LogP contribution in [0, 0.1) is 0 Å². The van der Waals surface area contributed by atoms with E-state index >= 15 is 0 Å². The molecule has 1 aromatic carbocycles. The van der Waals surface area contributed by atoms with E-state index in [-0.39, 0.29) is 11.3 Å². The Bertz CT molecular complexity index is 760. The number of benzene rings is 1. The minimum Gasteiger partial charge on any atom is -0.506 e. The molecule has 21 heavy (non-hydrogen) atoms. The molecule has 1 heterocycles. The summed E-state index contributed by atoms with van der Waals surface area (Å²) in [5.41, 5.74) is -0.119. The van der Waals surface area contributed by atoms with Crippen LogP contribution in [0.15, 0.2) is 41.3 Å². The predicted octanol–water partition coefficient (Wildman–Crippen LogP) is 1.94. The Balaban J connectivity index is 2.52. The lowest BCUT2D eigenvalue weighted by Gasteiger charge is -2.09. The van der Waals surface area contributed by atoms with Crippen LogP contribution < -0.4 is 10.9 Å². The van der Waals surface area contributed by atoms with Crippen molar-refractivity contribution in [3.05, 3.63) is 52.5 Å². The van der Waals surface area contributed by atoms with Crippen LogP contribution in [0.5, 0.6) is 5.75 Å². The molecule has 5 nitrogen and oxygen atoms in total. The van der Waals surface area contributed by atoms with Crippen LogP contribution in [-0.4, -0.2) is 22.0 Å². The highest BCUT2D eigenvalue weighted by Gasteiger charge is 2.18. The summed E-state index contributed by atoms with van der Waals surface area (Å²) in [6, 6.07) is 6.93. The van der Waals surface area contributed by atoms with E-state index in [1.165, 1.54) is 16.8 Å². The molecule has 0 radical (unpaired) electrons. The molecule has 0 aliphatic rings. The Morgan fingerprint density at radius 1 is 1.38 bits per heavy atom. The molecule has 2 N–H and O–H groups in total. The highest BCUT2D eigenvalue weighted by molar-refractivity contribution is 6.09. The number of nitrogens with zero attached hydrogens (tertiary/aromatic N) is 1. The molecular weight excluding hydrogens is 268 g/mol. The molecule has 0 unspecified atom stereocenters. The number of carbonyl (C=O) groups excluding carboxylic acids is 1. The smallest absolute Gasteiger partial charge is 0.265 e. The van der Waals surface area contributed by atoms with Crippen molar-refractivity contribution in [3.63, 3.8) is 0 Å². The van der Waals surface area contributed by atoms with Gasteiger partial charge in [0.15, 0.2) is 5.78 Å². The molecule has 2 rings (SSSR count). The molecule has 0 saturated carbocycles. The van der Waals surface area contributed by atoms with E-state index in [0.29, 0.717) is 10.9 Å². The fourth-order valence-electron chi connectivity index (χ4n) is 2.15. The molecule has 1 aromatic heterocycles. The highest BCUT2D eigenvalue weighted by Crippen LogP contribution is 2.25. The Hall–Kier alpha value is -2.56. The van der Waals surface area contributed by atoms with Crippen LogP contribution in [0.4, 0.5) is 0 Å². The predicted molar refractivity (Wildman–Crippen MR) is 82.6 cm³/mol. The summed E-state index contributed by atoms with van der Waals surface area (Å²) in [5, 5.41) is 13.7. The van der Waals surface area contributed by atoms with E-state index in [4.69, 9.17) is 0 Å². The maximum atomic E-state index is 12.3. The average Bonchev–Trinajstić information content (AvgIpc) is 2.49. The maximum Gasteiger partial charge on any atom is 0.265 e. The van der Waals surface area contributed by atoms with E-state index in [2.05, 4.69) is 5.32 Å². The first-order valence-electron chi connectivity index (χ1n) is 6.82. The molecule has 110 valence electrons. The normalized spacial score (nSPS) is 11.1. The summed E-state index contributed by atoms with van der Waals surface area (Å²) >= 11 is 0. The summed E-state index contributed by atoms with van der Waals surface area (Å²) in [7, 11) is 1.58. The second-order valence-electron chi connectivity index (χ2n) is 4.76. The number of aromatic hydroxyl groups is 1. The van der Waals surface area contributed by atoms with E-state index in [0.717, 1.165) is 13.0 Å². The lowest BCUT2D eigenvalue weighted by atomic mass is 10.1. The van der Waals surface area contributed by atoms with E-state index in [1.54, 1.807) is 31.3 Å². The number of allylic oxidation sites excluding steroid dienone is 1. The van der Waals surface area contributed by atoms with E-state index < -0.39 is 11.3 Å². The largest absolute Gasteiger partial charge is 0.506 e. The molecular formula is C16H18N2O3. The molecule has 0 fully saturated rings. The molecule has 0 amide bonds. The number of hydrogen-bond acceptors (Lipinski definition) is 4. The SMILES string of the molecule is CCCN/C=C/C(=O)c1c(O)c2ccccc2n(C)c1=O. The quantitative estimate of drug-likeness (QED) is 0.500. The van der Waals surface area contributed by atoms with Crippen LogP contribution >= 0.6 is 0 Å². The minimum atomic E-state index is -0.512. The van der Waals surface area contributed by atoms with Crippen molar-refractivity contribution in [3.8, 4) is 5.75 Å². The van der Waals surface area contributed by atoms with Crippen LogP contribution in [0.3, 0.4) is 0 Å². The molecule has 0 aliphatic heterocycles. The Morgan fingerprint density at radius 3 is 2.81 bits per heavy atom. The Labute approximate surface area is 122 Å². The standard InChI is InChI=1S/C16H18N2O3/c1-3-9-17-10-8-13(19)14-15(20)11-6-4-5-7-12(11)18(2)16(14)21/h4-8,10,17,20H,3,9H2,1-2H3/b10-8+. The monoisotopic (exact) mass is 286 g/mol. The highest BCUT2D eigenvalue weighted by atomic mass is 16.3. The number of nitrogens with one attached hydrogen (secondary N) is 1. The van der Waals surface area contributed by atoms with Gasteiger partial charge in [0.1, 0.15) is 11.3 Å². The fraction of sp³-hybridized carbons (Fsp3) is 0.250. The number of carbonyl (C=O) groups is 1. The van der Waals surface area contributed by atoms with Gasteiger partial charge in [0.05, 0.1) is 5.52 Å². The van der Waals surface area contributed by atoms with Crippen molar-refractivity contribution in [2.45, 2.75) is 13.3 Å². The van der Waals surface area contributed by atoms with Gasteiger partial charge in [-0.3, -0.25) is 9.59 Å². The van der Waals surface area contributed by atoms with Crippen molar-refractivity contribution in [1.29, 1.82) is 0 Å². The van der Waals surface area contributed by atoms with Gasteiger partial charge in [-0.15, -0.1) is 0 Å². The van der Waals surface area contributed by atoms with Gasteiger partial charge in [0.2, 0.25) is 0 Å². The zero-order chi connectivity index (χ0) is 15.4. The van der Waals surface area contributed by atoms with Crippen molar-refractivity contribution in [2.75, 3.05) is 6.54 Å². The number of aromatic nitrogens is 1. The van der Waals surface area contributed by atoms with Crippen LogP contribution in [-0.2, 0) is 7.05 Å². The molecule has 2 aromatic rings. The zero-order valence-corrected chi connectivity index (χ0v) is 12.1. The lowest BCUT2D eigenvalue weighted by molar-refractivity contribution is 0.104. The van der Waals surface area contributed by atoms with Gasteiger partial charge in [-0.25, -0.2) is 0 Å². The first-order chi connectivity index (χ1) is 10.1. The molecule has 0 aliphatic carbocycles. The Morgan fingerprint density at radius 2 is 2.10 bits per heavy atom. The van der Waals surface area contributed by atoms with Gasteiger partial charge >= 0.3 is 0 Å². The number of rotatable bonds is 5. The van der Waals surface area contributed by atoms with Crippen LogP contribution in [0.2, 0.25) is 0 Å². The Kier molecular flexibility index (Phi) is 4.42. The summed E-state index contributed by atoms with van der Waals surface area (Å²) < 4.78 is 1.37. The first-order valence-corrected chi connectivity index (χ1v) is 6.82. The second-order valence-corrected chi connectivity index (χ2v) is 4.76. The molecule has 0 saturated heterocycles. The minimum absolute atomic E-state index is 0.203. The van der Waals surface area contributed by atoms with Crippen LogP contribution in [0.1, 0.15) is 23.7 Å². The van der Waals surface area contributed by atoms with Gasteiger partial charge in [0, 0.05) is 31.3 Å². The van der Waals surface area contributed by atoms with Gasteiger partial charge < -0.3 is 15.0 Å². The van der Waals surface area contributed by atoms with Gasteiger partial charge in [-0.1, -0.05) is 19.1 Å². The third-order valence-corrected chi connectivity index (χ3v) is 3.27. The van der Waals surface area contributed by atoms with Crippen molar-refractivity contribution in [2.24, 2.45) is 7.05 Å². The molecule has 0 atom stereocenters. The van der Waals surface area contributed by atoms with Crippen molar-refractivity contribution in [1.82, 2.24) is 9.88 Å². The van der Waals surface area contributed by atoms with Crippen molar-refractivity contribution < 1.29 is 9.90 Å². The topological polar surface area (TPSA) is 71.3 Å². The maximum absolute atomic E-state index is 12.3. The van der Waals surface area contributed by atoms with Crippen molar-refractivity contribution >= 4 is 16.7 Å². The number of fused-ring (bicyclic) bond motifs is 1. The summed E-state index contributed by atoms with van der Waals surface area (Å²) in [6.45, 7) is 2.75. The third-order valence-electron chi connectivity index (χ3n) is 3.27. The molecule has 5 heteroatoms. The number of para-hydroxylation sites is 1. The van der Waals surface area contributed by atoms with Gasteiger partial charge in [0.25, 0.3) is 5.56 Å². The molecule has 0 bridgehead atoms. The van der Waals surface area contributed by atoms with Gasteiger partial charge in [-0.2, -0.15) is 0 Å². The van der Waals surface area contributed by atoms with Gasteiger partial charge in [-0.05, 0) is 18.6 Å². The number of pyridine rings is 1. The summed E-state index contributed by atoms with van der Waals surface area (Å²) in [5.74, 6) is -0.777. The third kappa shape index (κ3) is 2.81. The second kappa shape index (κ2) is 6.26. The number of hydrogen-bond donors (Lipinski definition) is 2. The van der Waals surface area contributed by atoms with E-state index in [9.17, 15) is 14.7 Å².